The topological polar surface area (TPSA) is 87.5 Å². The maximum absolute atomic E-state index is 12.9. The summed E-state index contributed by atoms with van der Waals surface area (Å²) in [6, 6.07) is 14.4. The predicted molar refractivity (Wildman–Crippen MR) is 104 cm³/mol. The number of carbonyl (C=O) groups excluding carboxylic acids is 1. The molecule has 28 heavy (non-hydrogen) atoms. The summed E-state index contributed by atoms with van der Waals surface area (Å²) in [6.45, 7) is 0.127. The second-order valence-electron chi connectivity index (χ2n) is 6.21. The van der Waals surface area contributed by atoms with Crippen molar-refractivity contribution in [2.24, 2.45) is 7.05 Å². The molecule has 146 valence electrons. The number of nitrogens with zero attached hydrogens (tertiary/aromatic N) is 2. The van der Waals surface area contributed by atoms with E-state index in [9.17, 15) is 13.2 Å². The zero-order valence-electron chi connectivity index (χ0n) is 15.7. The molecular formula is C20H20N2O5S. The molecule has 0 bridgehead atoms. The molecule has 0 spiro atoms. The molecule has 1 aromatic heterocycles. The number of hydrogen-bond acceptors (Lipinski definition) is 6. The first-order valence-corrected chi connectivity index (χ1v) is 10.3. The van der Waals surface area contributed by atoms with E-state index in [-0.39, 0.29) is 17.4 Å². The molecule has 8 heteroatoms. The highest BCUT2D eigenvalue weighted by Crippen LogP contribution is 2.30. The molecular weight excluding hydrogens is 380 g/mol. The second-order valence-corrected chi connectivity index (χ2v) is 8.19. The molecule has 3 rings (SSSR count). The first kappa shape index (κ1) is 19.8. The standard InChI is InChI=1S/C20H20N2O5S/c1-22-19(18(12-21-22)28(3,24)25)20(23)15-10-8-14(9-11-15)16-6-4-5-7-17(16)27-13-26-2/h4-12H,13H2,1-3H3. The van der Waals surface area contributed by atoms with Crippen LogP contribution in [0.25, 0.3) is 11.1 Å². The Morgan fingerprint density at radius 3 is 2.43 bits per heavy atom. The number of para-hydroxylation sites is 1. The predicted octanol–water partition coefficient (Wildman–Crippen LogP) is 2.70. The SMILES string of the molecule is COCOc1ccccc1-c1ccc(C(=O)c2c(S(C)(=O)=O)cnn2C)cc1. The molecule has 0 saturated carbocycles. The lowest BCUT2D eigenvalue weighted by Crippen LogP contribution is -2.12. The number of carbonyl (C=O) groups is 1. The molecule has 0 aliphatic heterocycles. The van der Waals surface area contributed by atoms with Gasteiger partial charge in [0.1, 0.15) is 16.3 Å². The fourth-order valence-electron chi connectivity index (χ4n) is 2.84. The molecule has 7 nitrogen and oxygen atoms in total. The van der Waals surface area contributed by atoms with Crippen molar-refractivity contribution in [2.45, 2.75) is 4.90 Å². The average Bonchev–Trinajstić information content (AvgIpc) is 3.08. The molecule has 0 saturated heterocycles. The highest BCUT2D eigenvalue weighted by molar-refractivity contribution is 7.90. The first-order valence-electron chi connectivity index (χ1n) is 8.41. The van der Waals surface area contributed by atoms with Gasteiger partial charge in [-0.2, -0.15) is 5.10 Å². The number of ether oxygens (including phenoxy) is 2. The van der Waals surface area contributed by atoms with E-state index < -0.39 is 15.6 Å². The Hall–Kier alpha value is -2.97. The lowest BCUT2D eigenvalue weighted by molar-refractivity contribution is 0.0515. The highest BCUT2D eigenvalue weighted by Gasteiger charge is 2.24. The fraction of sp³-hybridized carbons (Fsp3) is 0.200. The van der Waals surface area contributed by atoms with Crippen LogP contribution in [0.3, 0.4) is 0 Å². The van der Waals surface area contributed by atoms with Crippen molar-refractivity contribution in [1.29, 1.82) is 0 Å². The number of methoxy groups -OCH3 is 1. The van der Waals surface area contributed by atoms with E-state index >= 15 is 0 Å². The van der Waals surface area contributed by atoms with Gasteiger partial charge in [-0.1, -0.05) is 42.5 Å². The molecule has 1 heterocycles. The van der Waals surface area contributed by atoms with Gasteiger partial charge < -0.3 is 9.47 Å². The van der Waals surface area contributed by atoms with E-state index in [2.05, 4.69) is 5.10 Å². The van der Waals surface area contributed by atoms with Crippen molar-refractivity contribution in [3.8, 4) is 16.9 Å². The highest BCUT2D eigenvalue weighted by atomic mass is 32.2. The van der Waals surface area contributed by atoms with Crippen LogP contribution in [0.15, 0.2) is 59.6 Å². The average molecular weight is 400 g/mol. The van der Waals surface area contributed by atoms with Gasteiger partial charge in [-0.3, -0.25) is 9.48 Å². The van der Waals surface area contributed by atoms with E-state index in [1.165, 1.54) is 10.9 Å². The van der Waals surface area contributed by atoms with Crippen molar-refractivity contribution >= 4 is 15.6 Å². The Morgan fingerprint density at radius 1 is 1.11 bits per heavy atom. The number of aryl methyl sites for hydroxylation is 1. The van der Waals surface area contributed by atoms with Crippen LogP contribution in [0, 0.1) is 0 Å². The summed E-state index contributed by atoms with van der Waals surface area (Å²) in [5.74, 6) is 0.255. The molecule has 2 aromatic carbocycles. The van der Waals surface area contributed by atoms with Gasteiger partial charge in [-0.25, -0.2) is 8.42 Å². The number of aromatic nitrogens is 2. The van der Waals surface area contributed by atoms with Gasteiger partial charge in [0.05, 0.1) is 6.20 Å². The van der Waals surface area contributed by atoms with Crippen LogP contribution in [0.5, 0.6) is 5.75 Å². The molecule has 0 radical (unpaired) electrons. The normalized spacial score (nSPS) is 11.4. The largest absolute Gasteiger partial charge is 0.467 e. The van der Waals surface area contributed by atoms with Gasteiger partial charge in [0, 0.05) is 31.5 Å². The fourth-order valence-corrected chi connectivity index (χ4v) is 3.65. The maximum atomic E-state index is 12.9. The summed E-state index contributed by atoms with van der Waals surface area (Å²) < 4.78 is 35.7. The number of benzene rings is 2. The molecule has 0 fully saturated rings. The summed E-state index contributed by atoms with van der Waals surface area (Å²) >= 11 is 0. The number of rotatable bonds is 7. The van der Waals surface area contributed by atoms with Crippen LogP contribution in [-0.2, 0) is 21.6 Å². The van der Waals surface area contributed by atoms with Crippen molar-refractivity contribution in [2.75, 3.05) is 20.2 Å². The van der Waals surface area contributed by atoms with Gasteiger partial charge in [0.15, 0.2) is 16.6 Å². The smallest absolute Gasteiger partial charge is 0.212 e. The molecule has 0 atom stereocenters. The lowest BCUT2D eigenvalue weighted by Gasteiger charge is -2.11. The summed E-state index contributed by atoms with van der Waals surface area (Å²) in [5, 5.41) is 3.92. The minimum Gasteiger partial charge on any atom is -0.467 e. The van der Waals surface area contributed by atoms with Crippen LogP contribution in [0.1, 0.15) is 16.1 Å². The van der Waals surface area contributed by atoms with E-state index in [1.54, 1.807) is 38.4 Å². The van der Waals surface area contributed by atoms with Gasteiger partial charge in [0.25, 0.3) is 0 Å². The van der Waals surface area contributed by atoms with Crippen LogP contribution < -0.4 is 4.74 Å². The Bertz CT molecular complexity index is 1100. The van der Waals surface area contributed by atoms with Crippen molar-refractivity contribution in [3.05, 3.63) is 66.0 Å². The van der Waals surface area contributed by atoms with E-state index in [1.807, 2.05) is 24.3 Å². The molecule has 3 aromatic rings. The first-order chi connectivity index (χ1) is 13.3. The van der Waals surface area contributed by atoms with Crippen LogP contribution in [0.2, 0.25) is 0 Å². The van der Waals surface area contributed by atoms with Crippen molar-refractivity contribution < 1.29 is 22.7 Å². The van der Waals surface area contributed by atoms with Crippen LogP contribution in [0.4, 0.5) is 0 Å². The summed E-state index contributed by atoms with van der Waals surface area (Å²) in [4.78, 5) is 12.8. The third-order valence-electron chi connectivity index (χ3n) is 4.20. The molecule has 0 aliphatic carbocycles. The van der Waals surface area contributed by atoms with Crippen molar-refractivity contribution in [3.63, 3.8) is 0 Å². The Kier molecular flexibility index (Phi) is 5.62. The molecule has 0 N–H and O–H groups in total. The zero-order chi connectivity index (χ0) is 20.3. The van der Waals surface area contributed by atoms with E-state index in [0.29, 0.717) is 11.3 Å². The zero-order valence-corrected chi connectivity index (χ0v) is 16.6. The lowest BCUT2D eigenvalue weighted by atomic mass is 10.0. The Morgan fingerprint density at radius 2 is 1.79 bits per heavy atom. The van der Waals surface area contributed by atoms with Crippen LogP contribution in [-0.4, -0.2) is 44.1 Å². The third kappa shape index (κ3) is 3.97. The van der Waals surface area contributed by atoms with Crippen molar-refractivity contribution in [1.82, 2.24) is 9.78 Å². The summed E-state index contributed by atoms with van der Waals surface area (Å²) in [6.07, 6.45) is 2.25. The molecule has 0 amide bonds. The van der Waals surface area contributed by atoms with E-state index in [0.717, 1.165) is 17.4 Å². The molecule has 0 aliphatic rings. The van der Waals surface area contributed by atoms with Gasteiger partial charge in [0.2, 0.25) is 5.78 Å². The Labute approximate surface area is 163 Å². The number of ketones is 1. The van der Waals surface area contributed by atoms with Gasteiger partial charge >= 0.3 is 0 Å². The molecule has 0 unspecified atom stereocenters. The van der Waals surface area contributed by atoms with Gasteiger partial charge in [-0.15, -0.1) is 0 Å². The number of hydrogen-bond donors (Lipinski definition) is 0. The maximum Gasteiger partial charge on any atom is 0.212 e. The minimum atomic E-state index is -3.56. The van der Waals surface area contributed by atoms with E-state index in [4.69, 9.17) is 9.47 Å². The number of sulfone groups is 1. The van der Waals surface area contributed by atoms with Crippen LogP contribution >= 0.6 is 0 Å². The summed E-state index contributed by atoms with van der Waals surface area (Å²) in [7, 11) is -0.475. The Balaban J connectivity index is 1.95. The monoisotopic (exact) mass is 400 g/mol. The minimum absolute atomic E-state index is 0.0408. The second kappa shape index (κ2) is 7.95. The third-order valence-corrected chi connectivity index (χ3v) is 5.29. The summed E-state index contributed by atoms with van der Waals surface area (Å²) in [5.41, 5.74) is 2.12. The van der Waals surface area contributed by atoms with Gasteiger partial charge in [-0.05, 0) is 11.6 Å². The quantitative estimate of drug-likeness (QED) is 0.448.